The molecular weight excluding hydrogens is 417 g/mol. The Morgan fingerprint density at radius 1 is 1.06 bits per heavy atom. The summed E-state index contributed by atoms with van der Waals surface area (Å²) in [6.45, 7) is 6.89. The smallest absolute Gasteiger partial charge is 0.326 e. The molecule has 5 nitrogen and oxygen atoms in total. The molecule has 32 heavy (non-hydrogen) atoms. The third-order valence-corrected chi connectivity index (χ3v) is 5.98. The summed E-state index contributed by atoms with van der Waals surface area (Å²) in [6.07, 6.45) is -1.65. The second-order valence-corrected chi connectivity index (χ2v) is 9.52. The Kier molecular flexibility index (Phi) is 5.65. The number of benzene rings is 2. The highest BCUT2D eigenvalue weighted by Crippen LogP contribution is 2.46. The molecule has 1 fully saturated rings. The summed E-state index contributed by atoms with van der Waals surface area (Å²) >= 11 is 0. The fourth-order valence-electron chi connectivity index (χ4n) is 4.96. The van der Waals surface area contributed by atoms with Crippen LogP contribution in [0, 0.1) is 11.3 Å². The van der Waals surface area contributed by atoms with Crippen molar-refractivity contribution < 1.29 is 18.0 Å². The van der Waals surface area contributed by atoms with Gasteiger partial charge in [0.05, 0.1) is 11.0 Å². The molecule has 8 heteroatoms. The third-order valence-electron chi connectivity index (χ3n) is 5.98. The van der Waals surface area contributed by atoms with Gasteiger partial charge < -0.3 is 15.2 Å². The number of anilines is 3. The van der Waals surface area contributed by atoms with Crippen molar-refractivity contribution >= 4 is 34.3 Å². The molecule has 1 saturated carbocycles. The van der Waals surface area contributed by atoms with E-state index in [0.717, 1.165) is 23.9 Å². The average Bonchev–Trinajstić information content (AvgIpc) is 3.05. The quantitative estimate of drug-likeness (QED) is 0.473. The number of hydrogen-bond donors (Lipinski definition) is 2. The van der Waals surface area contributed by atoms with Gasteiger partial charge in [-0.1, -0.05) is 32.9 Å². The SMILES string of the molecule is C[C@@H]1C[C@@H](n2c(Nc3ccc(NC(=O)C(F)(F)F)cc3)nc3ccccc32)CC(C)(C)C1. The predicted octanol–water partition coefficient (Wildman–Crippen LogP) is 6.67. The van der Waals surface area contributed by atoms with Crippen LogP contribution in [0.3, 0.4) is 0 Å². The van der Waals surface area contributed by atoms with Gasteiger partial charge in [0, 0.05) is 17.4 Å². The first-order valence-electron chi connectivity index (χ1n) is 10.7. The lowest BCUT2D eigenvalue weighted by molar-refractivity contribution is -0.167. The molecule has 0 spiro atoms. The van der Waals surface area contributed by atoms with Crippen LogP contribution in [0.2, 0.25) is 0 Å². The zero-order chi connectivity index (χ0) is 23.1. The van der Waals surface area contributed by atoms with Crippen molar-refractivity contribution in [1.29, 1.82) is 0 Å². The first-order valence-corrected chi connectivity index (χ1v) is 10.7. The van der Waals surface area contributed by atoms with Crippen LogP contribution in [0.1, 0.15) is 46.1 Å². The van der Waals surface area contributed by atoms with E-state index >= 15 is 0 Å². The normalized spacial score (nSPS) is 20.8. The number of nitrogens with zero attached hydrogens (tertiary/aromatic N) is 2. The monoisotopic (exact) mass is 444 g/mol. The maximum atomic E-state index is 12.5. The average molecular weight is 445 g/mol. The third kappa shape index (κ3) is 4.74. The van der Waals surface area contributed by atoms with Crippen molar-refractivity contribution in [2.75, 3.05) is 10.6 Å². The van der Waals surface area contributed by atoms with E-state index in [1.54, 1.807) is 12.1 Å². The molecule has 0 aliphatic heterocycles. The summed E-state index contributed by atoms with van der Waals surface area (Å²) in [4.78, 5) is 15.9. The van der Waals surface area contributed by atoms with Gasteiger partial charge >= 0.3 is 12.1 Å². The van der Waals surface area contributed by atoms with Crippen molar-refractivity contribution in [3.8, 4) is 0 Å². The molecule has 2 aromatic carbocycles. The molecule has 0 bridgehead atoms. The molecule has 4 rings (SSSR count). The largest absolute Gasteiger partial charge is 0.471 e. The second-order valence-electron chi connectivity index (χ2n) is 9.52. The number of carbonyl (C=O) groups is 1. The Morgan fingerprint density at radius 3 is 2.38 bits per heavy atom. The van der Waals surface area contributed by atoms with Gasteiger partial charge in [-0.15, -0.1) is 0 Å². The molecule has 170 valence electrons. The maximum Gasteiger partial charge on any atom is 0.471 e. The van der Waals surface area contributed by atoms with Gasteiger partial charge in [0.25, 0.3) is 0 Å². The van der Waals surface area contributed by atoms with Crippen LogP contribution in [0.25, 0.3) is 11.0 Å². The number of fused-ring (bicyclic) bond motifs is 1. The number of imidazole rings is 1. The van der Waals surface area contributed by atoms with Crippen LogP contribution in [-0.4, -0.2) is 21.6 Å². The molecule has 0 radical (unpaired) electrons. The fraction of sp³-hybridized carbons (Fsp3) is 0.417. The molecule has 1 amide bonds. The summed E-state index contributed by atoms with van der Waals surface area (Å²) in [5.41, 5.74) is 2.92. The molecular formula is C24H27F3N4O. The van der Waals surface area contributed by atoms with Crippen LogP contribution >= 0.6 is 0 Å². The number of hydrogen-bond acceptors (Lipinski definition) is 3. The van der Waals surface area contributed by atoms with Gasteiger partial charge in [-0.3, -0.25) is 4.79 Å². The van der Waals surface area contributed by atoms with Gasteiger partial charge in [-0.2, -0.15) is 13.2 Å². The zero-order valence-electron chi connectivity index (χ0n) is 18.3. The van der Waals surface area contributed by atoms with Crippen LogP contribution < -0.4 is 10.6 Å². The molecule has 0 saturated heterocycles. The Morgan fingerprint density at radius 2 is 1.72 bits per heavy atom. The van der Waals surface area contributed by atoms with Crippen molar-refractivity contribution in [2.45, 2.75) is 52.3 Å². The van der Waals surface area contributed by atoms with Crippen LogP contribution in [0.5, 0.6) is 0 Å². The second kappa shape index (κ2) is 8.15. The van der Waals surface area contributed by atoms with Gasteiger partial charge in [-0.25, -0.2) is 4.98 Å². The molecule has 1 aromatic heterocycles. The minimum atomic E-state index is -4.92. The van der Waals surface area contributed by atoms with Gasteiger partial charge in [0.15, 0.2) is 0 Å². The lowest BCUT2D eigenvalue weighted by Gasteiger charge is -2.40. The summed E-state index contributed by atoms with van der Waals surface area (Å²) in [5.74, 6) is -0.698. The van der Waals surface area contributed by atoms with Crippen molar-refractivity contribution in [2.24, 2.45) is 11.3 Å². The summed E-state index contributed by atoms with van der Waals surface area (Å²) in [6, 6.07) is 14.4. The van der Waals surface area contributed by atoms with E-state index in [4.69, 9.17) is 4.98 Å². The Bertz CT molecular complexity index is 1120. The minimum Gasteiger partial charge on any atom is -0.326 e. The molecule has 0 unspecified atom stereocenters. The fourth-order valence-corrected chi connectivity index (χ4v) is 4.96. The summed E-state index contributed by atoms with van der Waals surface area (Å²) < 4.78 is 39.7. The Hall–Kier alpha value is -3.03. The van der Waals surface area contributed by atoms with E-state index in [9.17, 15) is 18.0 Å². The van der Waals surface area contributed by atoms with Gasteiger partial charge in [0.2, 0.25) is 5.95 Å². The number of carbonyl (C=O) groups excluding carboxylic acids is 1. The van der Waals surface area contributed by atoms with E-state index in [1.165, 1.54) is 18.6 Å². The summed E-state index contributed by atoms with van der Waals surface area (Å²) in [5, 5.41) is 5.19. The van der Waals surface area contributed by atoms with E-state index in [2.05, 4.69) is 36.7 Å². The highest BCUT2D eigenvalue weighted by Gasteiger charge is 2.38. The molecule has 2 N–H and O–H groups in total. The zero-order valence-corrected chi connectivity index (χ0v) is 18.3. The van der Waals surface area contributed by atoms with E-state index < -0.39 is 12.1 Å². The molecule has 3 aromatic rings. The molecule has 2 atom stereocenters. The highest BCUT2D eigenvalue weighted by molar-refractivity contribution is 5.95. The van der Waals surface area contributed by atoms with E-state index in [-0.39, 0.29) is 17.1 Å². The maximum absolute atomic E-state index is 12.5. The Labute approximate surface area is 185 Å². The number of aromatic nitrogens is 2. The number of para-hydroxylation sites is 2. The number of halogens is 3. The minimum absolute atomic E-state index is 0.0780. The van der Waals surface area contributed by atoms with Crippen molar-refractivity contribution in [3.63, 3.8) is 0 Å². The van der Waals surface area contributed by atoms with Crippen molar-refractivity contribution in [3.05, 3.63) is 48.5 Å². The lowest BCUT2D eigenvalue weighted by atomic mass is 9.70. The Balaban J connectivity index is 1.62. The van der Waals surface area contributed by atoms with Gasteiger partial charge in [0.1, 0.15) is 0 Å². The van der Waals surface area contributed by atoms with Crippen LogP contribution in [0.15, 0.2) is 48.5 Å². The number of nitrogens with one attached hydrogen (secondary N) is 2. The first-order chi connectivity index (χ1) is 15.0. The first kappa shape index (κ1) is 22.2. The number of amides is 1. The molecule has 1 aliphatic carbocycles. The summed E-state index contributed by atoms with van der Waals surface area (Å²) in [7, 11) is 0. The topological polar surface area (TPSA) is 59.0 Å². The van der Waals surface area contributed by atoms with Crippen LogP contribution in [0.4, 0.5) is 30.5 Å². The molecule has 1 heterocycles. The predicted molar refractivity (Wildman–Crippen MR) is 120 cm³/mol. The number of alkyl halides is 3. The van der Waals surface area contributed by atoms with Crippen molar-refractivity contribution in [1.82, 2.24) is 9.55 Å². The van der Waals surface area contributed by atoms with Crippen LogP contribution in [-0.2, 0) is 4.79 Å². The van der Waals surface area contributed by atoms with E-state index in [0.29, 0.717) is 17.6 Å². The van der Waals surface area contributed by atoms with Gasteiger partial charge in [-0.05, 0) is 67.0 Å². The number of rotatable bonds is 4. The lowest BCUT2D eigenvalue weighted by Crippen LogP contribution is -2.30. The molecule has 1 aliphatic rings. The highest BCUT2D eigenvalue weighted by atomic mass is 19.4. The standard InChI is InChI=1S/C24H27F3N4O/c1-15-12-18(14-23(2,3)13-15)31-20-7-5-4-6-19(20)30-22(31)29-17-10-8-16(9-11-17)28-21(32)24(25,26)27/h4-11,15,18H,12-14H2,1-3H3,(H,28,32)(H,29,30)/t15-,18-/m1/s1. The van der Waals surface area contributed by atoms with E-state index in [1.807, 2.05) is 23.5 Å².